The van der Waals surface area contributed by atoms with Crippen molar-refractivity contribution >= 4 is 0 Å². The summed E-state index contributed by atoms with van der Waals surface area (Å²) >= 11 is 0. The maximum absolute atomic E-state index is 9.18. The molecule has 0 unspecified atom stereocenters. The second-order valence-corrected chi connectivity index (χ2v) is 0.649. The van der Waals surface area contributed by atoms with Crippen LogP contribution in [0.25, 0.3) is 0 Å². The van der Waals surface area contributed by atoms with Crippen LogP contribution in [0.1, 0.15) is 0 Å². The summed E-state index contributed by atoms with van der Waals surface area (Å²) in [5.74, 6) is 0. The predicted molar refractivity (Wildman–Crippen MR) is 17.5 cm³/mol. The summed E-state index contributed by atoms with van der Waals surface area (Å²) in [6, 6.07) is 1.37. The highest BCUT2D eigenvalue weighted by molar-refractivity contribution is 4.64. The molecule has 0 aromatic carbocycles. The first-order valence-electron chi connectivity index (χ1n) is 1.26. The fraction of sp³-hybridized carbons (Fsp3) is 0.500. The molecule has 32 valence electrons. The van der Waals surface area contributed by atoms with Crippen LogP contribution < -0.4 is 0 Å². The Morgan fingerprint density at radius 3 is 2.50 bits per heavy atom. The number of nitrogens with zero attached hydrogens (tertiary/aromatic N) is 2. The summed E-state index contributed by atoms with van der Waals surface area (Å²) in [7, 11) is 0. The van der Waals surface area contributed by atoms with Crippen LogP contribution in [-0.4, -0.2) is 11.5 Å². The highest BCUT2D eigenvalue weighted by atomic mass is 16.6. The molecule has 4 heteroatoms. The summed E-state index contributed by atoms with van der Waals surface area (Å²) in [6.07, 6.45) is 0. The molecule has 0 radical (unpaired) electrons. The van der Waals surface area contributed by atoms with E-state index < -0.39 is 11.5 Å². The molecule has 0 bridgehead atoms. The summed E-state index contributed by atoms with van der Waals surface area (Å²) in [4.78, 5) is 8.50. The molecule has 0 heterocycles. The van der Waals surface area contributed by atoms with E-state index in [1.165, 1.54) is 6.07 Å². The number of hydrogen-bond donors (Lipinski definition) is 0. The number of nitro groups is 1. The van der Waals surface area contributed by atoms with Gasteiger partial charge in [0.15, 0.2) is 0 Å². The van der Waals surface area contributed by atoms with Crippen molar-refractivity contribution in [3.63, 3.8) is 0 Å². The first kappa shape index (κ1) is 4.89. The summed E-state index contributed by atoms with van der Waals surface area (Å²) < 4.78 is 0. The smallest absolute Gasteiger partial charge is 0.263 e. The zero-order valence-corrected chi connectivity index (χ0v) is 2.92. The fourth-order valence-corrected chi connectivity index (χ4v) is 0.0577. The van der Waals surface area contributed by atoms with Crippen molar-refractivity contribution in [3.8, 4) is 6.07 Å². The summed E-state index contributed by atoms with van der Waals surface area (Å²) in [5, 5.41) is 16.7. The van der Waals surface area contributed by atoms with Crippen molar-refractivity contribution in [2.24, 2.45) is 0 Å². The van der Waals surface area contributed by atoms with Crippen molar-refractivity contribution in [3.05, 3.63) is 10.1 Å². The maximum Gasteiger partial charge on any atom is 0.287 e. The highest BCUT2D eigenvalue weighted by Crippen LogP contribution is 1.58. The molecule has 0 aliphatic carbocycles. The lowest BCUT2D eigenvalue weighted by Gasteiger charge is -1.71. The average Bonchev–Trinajstić information content (AvgIpc) is 1.35. The van der Waals surface area contributed by atoms with Crippen LogP contribution in [0.15, 0.2) is 0 Å². The van der Waals surface area contributed by atoms with Gasteiger partial charge in [-0.3, -0.25) is 10.1 Å². The molecule has 0 aliphatic rings. The van der Waals surface area contributed by atoms with Crippen LogP contribution in [0.4, 0.5) is 0 Å². The van der Waals surface area contributed by atoms with E-state index in [1.807, 2.05) is 0 Å². The standard InChI is InChI=1S/C2H2N2O2/c3-1-2-4(5)6/h2H2. The van der Waals surface area contributed by atoms with E-state index in [2.05, 4.69) is 0 Å². The van der Waals surface area contributed by atoms with Gasteiger partial charge in [-0.25, -0.2) is 0 Å². The van der Waals surface area contributed by atoms with E-state index in [1.54, 1.807) is 0 Å². The molecule has 0 aromatic heterocycles. The van der Waals surface area contributed by atoms with Crippen LogP contribution in [0.5, 0.6) is 0 Å². The molecule has 0 amide bonds. The average molecular weight is 86.0 g/mol. The van der Waals surface area contributed by atoms with E-state index in [0.29, 0.717) is 0 Å². The zero-order chi connectivity index (χ0) is 4.99. The Morgan fingerprint density at radius 2 is 2.50 bits per heavy atom. The number of rotatable bonds is 1. The molecular formula is C2H2N2O2. The summed E-state index contributed by atoms with van der Waals surface area (Å²) in [6.45, 7) is -0.597. The lowest BCUT2D eigenvalue weighted by atomic mass is 10.8. The minimum absolute atomic E-state index is 0.597. The molecule has 0 saturated heterocycles. The zero-order valence-electron chi connectivity index (χ0n) is 2.92. The summed E-state index contributed by atoms with van der Waals surface area (Å²) in [5.41, 5.74) is 0. The van der Waals surface area contributed by atoms with E-state index in [-0.39, 0.29) is 0 Å². The van der Waals surface area contributed by atoms with Gasteiger partial charge in [-0.1, -0.05) is 0 Å². The minimum atomic E-state index is -0.681. The second kappa shape index (κ2) is 2.15. The van der Waals surface area contributed by atoms with E-state index >= 15 is 0 Å². The Labute approximate surface area is 34.1 Å². The first-order valence-corrected chi connectivity index (χ1v) is 1.26. The molecule has 4 nitrogen and oxygen atoms in total. The Hall–Kier alpha value is -1.11. The SMILES string of the molecule is N#CC[N+](=O)[O-]. The van der Waals surface area contributed by atoms with Crippen molar-refractivity contribution in [2.45, 2.75) is 0 Å². The van der Waals surface area contributed by atoms with Gasteiger partial charge in [-0.05, 0) is 0 Å². The normalized spacial score (nSPS) is 6.50. The minimum Gasteiger partial charge on any atom is -0.263 e. The topological polar surface area (TPSA) is 66.9 Å². The third-order valence-corrected chi connectivity index (χ3v) is 0.200. The molecule has 0 spiro atoms. The molecule has 0 saturated carbocycles. The number of nitriles is 1. The Kier molecular flexibility index (Phi) is 1.75. The van der Waals surface area contributed by atoms with Gasteiger partial charge < -0.3 is 0 Å². The van der Waals surface area contributed by atoms with Gasteiger partial charge in [0.25, 0.3) is 6.54 Å². The van der Waals surface area contributed by atoms with Gasteiger partial charge in [-0.15, -0.1) is 0 Å². The Morgan fingerprint density at radius 1 is 2.00 bits per heavy atom. The molecule has 0 fully saturated rings. The molecule has 0 rings (SSSR count). The van der Waals surface area contributed by atoms with E-state index in [9.17, 15) is 10.1 Å². The van der Waals surface area contributed by atoms with Crippen molar-refractivity contribution < 1.29 is 4.92 Å². The van der Waals surface area contributed by atoms with Gasteiger partial charge in [0.05, 0.1) is 0 Å². The molecular weight excluding hydrogens is 84.0 g/mol. The van der Waals surface area contributed by atoms with Gasteiger partial charge in [0, 0.05) is 4.92 Å². The quantitative estimate of drug-likeness (QED) is 0.252. The van der Waals surface area contributed by atoms with Gasteiger partial charge in [-0.2, -0.15) is 5.26 Å². The van der Waals surface area contributed by atoms with Crippen molar-refractivity contribution in [1.82, 2.24) is 0 Å². The molecule has 0 N–H and O–H groups in total. The highest BCUT2D eigenvalue weighted by Gasteiger charge is 1.85. The van der Waals surface area contributed by atoms with E-state index in [4.69, 9.17) is 5.26 Å². The van der Waals surface area contributed by atoms with Crippen LogP contribution >= 0.6 is 0 Å². The van der Waals surface area contributed by atoms with Crippen molar-refractivity contribution in [2.75, 3.05) is 6.54 Å². The van der Waals surface area contributed by atoms with E-state index in [0.717, 1.165) is 0 Å². The first-order chi connectivity index (χ1) is 2.77. The lowest BCUT2D eigenvalue weighted by molar-refractivity contribution is -0.466. The van der Waals surface area contributed by atoms with Crippen LogP contribution in [0, 0.1) is 21.4 Å². The number of hydrogen-bond acceptors (Lipinski definition) is 3. The molecule has 6 heavy (non-hydrogen) atoms. The van der Waals surface area contributed by atoms with Gasteiger partial charge in [0.2, 0.25) is 0 Å². The predicted octanol–water partition coefficient (Wildman–Crippen LogP) is -0.213. The molecule has 0 atom stereocenters. The van der Waals surface area contributed by atoms with Gasteiger partial charge >= 0.3 is 0 Å². The fourth-order valence-electron chi connectivity index (χ4n) is 0.0577. The van der Waals surface area contributed by atoms with Crippen LogP contribution in [0.3, 0.4) is 0 Å². The third-order valence-electron chi connectivity index (χ3n) is 0.200. The Balaban J connectivity index is 3.13. The Bertz CT molecular complexity index is 92.2. The lowest BCUT2D eigenvalue weighted by Crippen LogP contribution is -1.94. The molecule has 0 aliphatic heterocycles. The third kappa shape index (κ3) is 2.89. The second-order valence-electron chi connectivity index (χ2n) is 0.649. The van der Waals surface area contributed by atoms with Crippen molar-refractivity contribution in [1.29, 1.82) is 5.26 Å². The molecule has 0 aromatic rings. The monoisotopic (exact) mass is 86.0 g/mol. The van der Waals surface area contributed by atoms with Crippen LogP contribution in [-0.2, 0) is 0 Å². The van der Waals surface area contributed by atoms with Crippen LogP contribution in [0.2, 0.25) is 0 Å². The largest absolute Gasteiger partial charge is 0.287 e. The maximum atomic E-state index is 9.18. The van der Waals surface area contributed by atoms with Gasteiger partial charge in [0.1, 0.15) is 6.07 Å².